The highest BCUT2D eigenvalue weighted by Gasteiger charge is 2.73. The van der Waals surface area contributed by atoms with Crippen molar-refractivity contribution in [3.05, 3.63) is 53.9 Å². The minimum atomic E-state index is -2.27. The van der Waals surface area contributed by atoms with Gasteiger partial charge in [-0.1, -0.05) is 12.1 Å². The van der Waals surface area contributed by atoms with E-state index in [0.717, 1.165) is 0 Å². The van der Waals surface area contributed by atoms with E-state index < -0.39 is 35.0 Å². The molecule has 1 aromatic heterocycles. The predicted molar refractivity (Wildman–Crippen MR) is 112 cm³/mol. The van der Waals surface area contributed by atoms with E-state index in [1.54, 1.807) is 51.1 Å². The fourth-order valence-electron chi connectivity index (χ4n) is 4.32. The van der Waals surface area contributed by atoms with Gasteiger partial charge in [0.2, 0.25) is 5.41 Å². The number of fused-ring (bicyclic) bond motifs is 1. The summed E-state index contributed by atoms with van der Waals surface area (Å²) < 4.78 is 22.3. The first-order valence-electron chi connectivity index (χ1n) is 10.4. The molecule has 3 rings (SSSR count). The topological polar surface area (TPSA) is 113 Å². The van der Waals surface area contributed by atoms with Gasteiger partial charge in [0, 0.05) is 11.8 Å². The average Bonchev–Trinajstić information content (AvgIpc) is 3.35. The van der Waals surface area contributed by atoms with E-state index in [0.29, 0.717) is 5.75 Å². The van der Waals surface area contributed by atoms with E-state index in [9.17, 15) is 19.5 Å². The minimum Gasteiger partial charge on any atom is -0.497 e. The molecule has 32 heavy (non-hydrogen) atoms. The molecule has 0 saturated carbocycles. The van der Waals surface area contributed by atoms with E-state index >= 15 is 0 Å². The van der Waals surface area contributed by atoms with Gasteiger partial charge in [-0.2, -0.15) is 0 Å². The van der Waals surface area contributed by atoms with Crippen LogP contribution in [0.25, 0.3) is 0 Å². The normalized spacial score (nSPS) is 20.8. The molecular weight excluding hydrogens is 418 g/mol. The fraction of sp³-hybridized carbons (Fsp3) is 0.435. The maximum atomic E-state index is 13.4. The number of aliphatic hydroxyl groups is 1. The minimum absolute atomic E-state index is 0.0232. The van der Waals surface area contributed by atoms with Crippen LogP contribution in [-0.4, -0.2) is 54.5 Å². The second kappa shape index (κ2) is 9.04. The number of methoxy groups -OCH3 is 1. The van der Waals surface area contributed by atoms with E-state index in [2.05, 4.69) is 0 Å². The third-order valence-electron chi connectivity index (χ3n) is 5.59. The van der Waals surface area contributed by atoms with Gasteiger partial charge in [-0.3, -0.25) is 14.4 Å². The van der Waals surface area contributed by atoms with Gasteiger partial charge in [-0.15, -0.1) is 0 Å². The molecule has 0 aliphatic carbocycles. The highest BCUT2D eigenvalue weighted by molar-refractivity contribution is 6.11. The van der Waals surface area contributed by atoms with Crippen LogP contribution < -0.4 is 4.74 Å². The standard InChI is InChI=1S/C23H27NO8/c1-5-30-19(25)18-22(20(26)31-6-2,21(27)32-7-3)17-9-8-14-24(17)23(18,28)15-10-12-16(29-4)13-11-15/h8-14,18,28H,5-7H2,1-4H3. The second-order valence-corrected chi connectivity index (χ2v) is 7.15. The number of rotatable bonds is 8. The van der Waals surface area contributed by atoms with Crippen LogP contribution >= 0.6 is 0 Å². The molecule has 0 fully saturated rings. The molecule has 2 atom stereocenters. The van der Waals surface area contributed by atoms with Crippen LogP contribution in [0, 0.1) is 5.92 Å². The molecule has 172 valence electrons. The number of nitrogens with zero attached hydrogens (tertiary/aromatic N) is 1. The number of carbonyl (C=O) groups excluding carboxylic acids is 3. The van der Waals surface area contributed by atoms with E-state index in [4.69, 9.17) is 18.9 Å². The first kappa shape index (κ1) is 23.3. The van der Waals surface area contributed by atoms with Crippen LogP contribution in [0.4, 0.5) is 0 Å². The van der Waals surface area contributed by atoms with Gasteiger partial charge in [0.05, 0.1) is 32.6 Å². The predicted octanol–water partition coefficient (Wildman–Crippen LogP) is 1.75. The first-order valence-corrected chi connectivity index (χ1v) is 10.4. The lowest BCUT2D eigenvalue weighted by Gasteiger charge is -2.36. The summed E-state index contributed by atoms with van der Waals surface area (Å²) in [4.78, 5) is 40.1. The van der Waals surface area contributed by atoms with Crippen molar-refractivity contribution in [2.45, 2.75) is 31.9 Å². The molecule has 2 aromatic rings. The van der Waals surface area contributed by atoms with Crippen molar-refractivity contribution in [2.24, 2.45) is 5.92 Å². The Hall–Kier alpha value is -3.33. The average molecular weight is 445 g/mol. The van der Waals surface area contributed by atoms with E-state index in [1.807, 2.05) is 0 Å². The number of esters is 3. The molecule has 1 aromatic carbocycles. The Labute approximate surface area is 185 Å². The Balaban J connectivity index is 2.36. The van der Waals surface area contributed by atoms with Crippen molar-refractivity contribution >= 4 is 17.9 Å². The lowest BCUT2D eigenvalue weighted by Crippen LogP contribution is -2.57. The maximum absolute atomic E-state index is 13.4. The molecule has 2 heterocycles. The largest absolute Gasteiger partial charge is 0.497 e. The smallest absolute Gasteiger partial charge is 0.330 e. The Morgan fingerprint density at radius 1 is 0.938 bits per heavy atom. The van der Waals surface area contributed by atoms with Crippen molar-refractivity contribution < 1.29 is 38.4 Å². The molecule has 1 N–H and O–H groups in total. The number of carbonyl (C=O) groups is 3. The second-order valence-electron chi connectivity index (χ2n) is 7.15. The van der Waals surface area contributed by atoms with Crippen LogP contribution in [0.1, 0.15) is 32.0 Å². The lowest BCUT2D eigenvalue weighted by atomic mass is 9.69. The van der Waals surface area contributed by atoms with Crippen LogP contribution in [-0.2, 0) is 39.7 Å². The number of benzene rings is 1. The van der Waals surface area contributed by atoms with Gasteiger partial charge in [-0.05, 0) is 45.0 Å². The first-order chi connectivity index (χ1) is 15.3. The maximum Gasteiger partial charge on any atom is 0.330 e. The van der Waals surface area contributed by atoms with Crippen molar-refractivity contribution in [3.63, 3.8) is 0 Å². The Morgan fingerprint density at radius 2 is 1.50 bits per heavy atom. The lowest BCUT2D eigenvalue weighted by molar-refractivity contribution is -0.184. The molecule has 0 spiro atoms. The zero-order valence-corrected chi connectivity index (χ0v) is 18.5. The number of aromatic nitrogens is 1. The Bertz CT molecular complexity index is 978. The monoisotopic (exact) mass is 445 g/mol. The zero-order valence-electron chi connectivity index (χ0n) is 18.5. The molecule has 0 radical (unpaired) electrons. The molecule has 9 heteroatoms. The third kappa shape index (κ3) is 3.24. The molecular formula is C23H27NO8. The quantitative estimate of drug-likeness (QED) is 0.371. The number of ether oxygens (including phenoxy) is 4. The summed E-state index contributed by atoms with van der Waals surface area (Å²) in [6.07, 6.45) is 1.49. The van der Waals surface area contributed by atoms with Crippen LogP contribution in [0.2, 0.25) is 0 Å². The summed E-state index contributed by atoms with van der Waals surface area (Å²) in [6.45, 7) is 4.65. The van der Waals surface area contributed by atoms with Crippen LogP contribution in [0.15, 0.2) is 42.6 Å². The summed E-state index contributed by atoms with van der Waals surface area (Å²) in [5.74, 6) is -4.10. The van der Waals surface area contributed by atoms with Gasteiger partial charge in [0.15, 0.2) is 5.72 Å². The van der Waals surface area contributed by atoms with Crippen LogP contribution in [0.3, 0.4) is 0 Å². The molecule has 2 unspecified atom stereocenters. The Kier molecular flexibility index (Phi) is 6.59. The summed E-state index contributed by atoms with van der Waals surface area (Å²) in [5.41, 5.74) is -4.08. The molecule has 0 saturated heterocycles. The van der Waals surface area contributed by atoms with Gasteiger partial charge in [0.1, 0.15) is 11.7 Å². The third-order valence-corrected chi connectivity index (χ3v) is 5.59. The van der Waals surface area contributed by atoms with Crippen molar-refractivity contribution in [1.29, 1.82) is 0 Å². The van der Waals surface area contributed by atoms with Crippen LogP contribution in [0.5, 0.6) is 5.75 Å². The summed E-state index contributed by atoms with van der Waals surface area (Å²) in [6, 6.07) is 9.38. The summed E-state index contributed by atoms with van der Waals surface area (Å²) >= 11 is 0. The van der Waals surface area contributed by atoms with Crippen molar-refractivity contribution in [3.8, 4) is 5.75 Å². The summed E-state index contributed by atoms with van der Waals surface area (Å²) in [5, 5.41) is 12.1. The Morgan fingerprint density at radius 3 is 2.00 bits per heavy atom. The van der Waals surface area contributed by atoms with Gasteiger partial charge < -0.3 is 28.6 Å². The van der Waals surface area contributed by atoms with Gasteiger partial charge in [-0.25, -0.2) is 0 Å². The van der Waals surface area contributed by atoms with Gasteiger partial charge >= 0.3 is 17.9 Å². The summed E-state index contributed by atoms with van der Waals surface area (Å²) in [7, 11) is 1.50. The molecule has 0 bridgehead atoms. The molecule has 0 amide bonds. The number of hydrogen-bond acceptors (Lipinski definition) is 8. The van der Waals surface area contributed by atoms with E-state index in [-0.39, 0.29) is 31.1 Å². The fourth-order valence-corrected chi connectivity index (χ4v) is 4.32. The zero-order chi connectivity index (χ0) is 23.5. The van der Waals surface area contributed by atoms with E-state index in [1.165, 1.54) is 23.9 Å². The highest BCUT2D eigenvalue weighted by Crippen LogP contribution is 2.54. The molecule has 9 nitrogen and oxygen atoms in total. The molecule has 1 aliphatic rings. The van der Waals surface area contributed by atoms with Gasteiger partial charge in [0.25, 0.3) is 0 Å². The number of hydrogen-bond donors (Lipinski definition) is 1. The van der Waals surface area contributed by atoms with Crippen molar-refractivity contribution in [1.82, 2.24) is 4.57 Å². The highest BCUT2D eigenvalue weighted by atomic mass is 16.6. The van der Waals surface area contributed by atoms with Crippen molar-refractivity contribution in [2.75, 3.05) is 26.9 Å². The SMILES string of the molecule is CCOC(=O)C1C(C(=O)OCC)(C(=O)OCC)c2cccn2C1(O)c1ccc(OC)cc1. The molecule has 1 aliphatic heterocycles.